The van der Waals surface area contributed by atoms with Crippen molar-refractivity contribution in [3.63, 3.8) is 0 Å². The number of nitrogens with zero attached hydrogens (tertiary/aromatic N) is 2. The van der Waals surface area contributed by atoms with E-state index < -0.39 is 13.0 Å². The maximum Gasteiger partial charge on any atom is 0.261 e. The summed E-state index contributed by atoms with van der Waals surface area (Å²) in [6.07, 6.45) is -0.00834. The van der Waals surface area contributed by atoms with E-state index in [0.717, 1.165) is 6.42 Å². The average Bonchev–Trinajstić information content (AvgIpc) is 2.73. The second-order valence-electron chi connectivity index (χ2n) is 3.50. The number of ether oxygens (including phenoxy) is 1. The van der Waals surface area contributed by atoms with Gasteiger partial charge in [0, 0.05) is 19.4 Å². The third-order valence-corrected chi connectivity index (χ3v) is 2.02. The first-order valence-electron chi connectivity index (χ1n) is 5.50. The summed E-state index contributed by atoms with van der Waals surface area (Å²) in [4.78, 5) is 4.07. The highest BCUT2D eigenvalue weighted by molar-refractivity contribution is 4.86. The summed E-state index contributed by atoms with van der Waals surface area (Å²) in [5.74, 6) is 0.959. The van der Waals surface area contributed by atoms with Crippen LogP contribution in [0.1, 0.15) is 24.6 Å². The summed E-state index contributed by atoms with van der Waals surface area (Å²) < 4.78 is 33.1. The molecule has 0 radical (unpaired) electrons. The molecule has 0 aliphatic rings. The van der Waals surface area contributed by atoms with Crippen LogP contribution in [0.25, 0.3) is 0 Å². The molecule has 0 atom stereocenters. The number of rotatable bonds is 9. The van der Waals surface area contributed by atoms with Gasteiger partial charge in [-0.25, -0.2) is 8.78 Å². The SMILES string of the molecule is OCCCCc1nc(CCOCC(F)F)no1. The maximum absolute atomic E-state index is 11.7. The summed E-state index contributed by atoms with van der Waals surface area (Å²) in [7, 11) is 0. The second kappa shape index (κ2) is 8.08. The molecule has 0 aromatic carbocycles. The summed E-state index contributed by atoms with van der Waals surface area (Å²) in [6, 6.07) is 0. The molecule has 1 aromatic rings. The van der Waals surface area contributed by atoms with Crippen molar-refractivity contribution < 1.29 is 23.1 Å². The Balaban J connectivity index is 2.16. The molecule has 0 aliphatic heterocycles. The van der Waals surface area contributed by atoms with Gasteiger partial charge in [-0.3, -0.25) is 0 Å². The topological polar surface area (TPSA) is 68.4 Å². The Hall–Kier alpha value is -1.08. The molecular formula is C10H16F2N2O3. The fraction of sp³-hybridized carbons (Fsp3) is 0.800. The number of halogens is 2. The number of unbranched alkanes of at least 4 members (excludes halogenated alkanes) is 1. The third kappa shape index (κ3) is 6.28. The van der Waals surface area contributed by atoms with Crippen LogP contribution in [0, 0.1) is 0 Å². The number of aliphatic hydroxyl groups excluding tert-OH is 1. The molecule has 5 nitrogen and oxygen atoms in total. The monoisotopic (exact) mass is 250 g/mol. The minimum atomic E-state index is -2.45. The van der Waals surface area contributed by atoms with Gasteiger partial charge in [-0.1, -0.05) is 5.16 Å². The normalized spacial score (nSPS) is 11.3. The van der Waals surface area contributed by atoms with Crippen LogP contribution < -0.4 is 0 Å². The van der Waals surface area contributed by atoms with Gasteiger partial charge >= 0.3 is 0 Å². The first-order chi connectivity index (χ1) is 8.22. The van der Waals surface area contributed by atoms with Gasteiger partial charge in [-0.05, 0) is 12.8 Å². The number of aryl methyl sites for hydroxylation is 1. The number of aromatic nitrogens is 2. The summed E-state index contributed by atoms with van der Waals surface area (Å²) in [5, 5.41) is 12.3. The lowest BCUT2D eigenvalue weighted by Crippen LogP contribution is -2.07. The molecule has 0 aliphatic carbocycles. The van der Waals surface area contributed by atoms with Crippen molar-refractivity contribution >= 4 is 0 Å². The van der Waals surface area contributed by atoms with E-state index in [1.165, 1.54) is 0 Å². The van der Waals surface area contributed by atoms with E-state index in [-0.39, 0.29) is 13.2 Å². The molecule has 7 heteroatoms. The smallest absolute Gasteiger partial charge is 0.261 e. The Labute approximate surface area is 97.8 Å². The van der Waals surface area contributed by atoms with Gasteiger partial charge in [0.1, 0.15) is 6.61 Å². The molecule has 0 spiro atoms. The molecule has 1 rings (SSSR count). The zero-order valence-electron chi connectivity index (χ0n) is 9.44. The van der Waals surface area contributed by atoms with Gasteiger partial charge in [0.2, 0.25) is 5.89 Å². The molecule has 0 saturated heterocycles. The molecule has 17 heavy (non-hydrogen) atoms. The number of hydrogen-bond donors (Lipinski definition) is 1. The molecule has 0 saturated carbocycles. The molecule has 1 N–H and O–H groups in total. The summed E-state index contributed by atoms with van der Waals surface area (Å²) >= 11 is 0. The van der Waals surface area contributed by atoms with E-state index in [2.05, 4.69) is 10.1 Å². The van der Waals surface area contributed by atoms with Crippen molar-refractivity contribution in [2.24, 2.45) is 0 Å². The van der Waals surface area contributed by atoms with Crippen molar-refractivity contribution in [1.29, 1.82) is 0 Å². The fourth-order valence-electron chi connectivity index (χ4n) is 1.22. The van der Waals surface area contributed by atoms with Gasteiger partial charge in [-0.2, -0.15) is 4.98 Å². The van der Waals surface area contributed by atoms with Crippen molar-refractivity contribution in [3.05, 3.63) is 11.7 Å². The summed E-state index contributed by atoms with van der Waals surface area (Å²) in [5.41, 5.74) is 0. The average molecular weight is 250 g/mol. The molecule has 0 amide bonds. The van der Waals surface area contributed by atoms with Gasteiger partial charge in [0.25, 0.3) is 6.43 Å². The predicted molar refractivity (Wildman–Crippen MR) is 54.8 cm³/mol. The Bertz CT molecular complexity index is 307. The Morgan fingerprint density at radius 3 is 2.82 bits per heavy atom. The van der Waals surface area contributed by atoms with E-state index in [9.17, 15) is 8.78 Å². The fourth-order valence-corrected chi connectivity index (χ4v) is 1.22. The van der Waals surface area contributed by atoms with Gasteiger partial charge in [-0.15, -0.1) is 0 Å². The Morgan fingerprint density at radius 2 is 2.12 bits per heavy atom. The zero-order valence-corrected chi connectivity index (χ0v) is 9.44. The molecule has 0 fully saturated rings. The van der Waals surface area contributed by atoms with Gasteiger partial charge in [0.05, 0.1) is 6.61 Å². The lowest BCUT2D eigenvalue weighted by molar-refractivity contribution is 0.0182. The number of aliphatic hydroxyl groups is 1. The van der Waals surface area contributed by atoms with Gasteiger partial charge < -0.3 is 14.4 Å². The first-order valence-corrected chi connectivity index (χ1v) is 5.50. The highest BCUT2D eigenvalue weighted by atomic mass is 19.3. The first kappa shape index (κ1) is 14.0. The highest BCUT2D eigenvalue weighted by Gasteiger charge is 2.07. The quantitative estimate of drug-likeness (QED) is 0.667. The van der Waals surface area contributed by atoms with Crippen molar-refractivity contribution in [2.75, 3.05) is 19.8 Å². The van der Waals surface area contributed by atoms with E-state index in [0.29, 0.717) is 31.0 Å². The predicted octanol–water partition coefficient (Wildman–Crippen LogP) is 1.21. The number of hydrogen-bond acceptors (Lipinski definition) is 5. The highest BCUT2D eigenvalue weighted by Crippen LogP contribution is 2.03. The van der Waals surface area contributed by atoms with E-state index in [1.807, 2.05) is 0 Å². The van der Waals surface area contributed by atoms with E-state index >= 15 is 0 Å². The minimum Gasteiger partial charge on any atom is -0.396 e. The minimum absolute atomic E-state index is 0.141. The molecular weight excluding hydrogens is 234 g/mol. The molecule has 98 valence electrons. The molecule has 1 aromatic heterocycles. The van der Waals surface area contributed by atoms with Crippen LogP contribution >= 0.6 is 0 Å². The summed E-state index contributed by atoms with van der Waals surface area (Å²) in [6.45, 7) is -0.274. The van der Waals surface area contributed by atoms with Crippen molar-refractivity contribution in [2.45, 2.75) is 32.1 Å². The maximum atomic E-state index is 11.7. The van der Waals surface area contributed by atoms with Crippen LogP contribution in [0.15, 0.2) is 4.52 Å². The standard InChI is InChI=1S/C10H16F2N2O3/c11-8(12)7-16-6-4-9-13-10(17-14-9)3-1-2-5-15/h8,15H,1-7H2. The second-order valence-corrected chi connectivity index (χ2v) is 3.50. The zero-order chi connectivity index (χ0) is 12.5. The molecule has 1 heterocycles. The molecule has 0 bridgehead atoms. The van der Waals surface area contributed by atoms with Crippen LogP contribution in [0.4, 0.5) is 8.78 Å². The Morgan fingerprint density at radius 1 is 1.29 bits per heavy atom. The largest absolute Gasteiger partial charge is 0.396 e. The van der Waals surface area contributed by atoms with E-state index in [1.54, 1.807) is 0 Å². The van der Waals surface area contributed by atoms with Crippen LogP contribution in [0.2, 0.25) is 0 Å². The van der Waals surface area contributed by atoms with E-state index in [4.69, 9.17) is 14.4 Å². The van der Waals surface area contributed by atoms with Crippen LogP contribution in [-0.2, 0) is 17.6 Å². The lowest BCUT2D eigenvalue weighted by Gasteiger charge is -1.99. The van der Waals surface area contributed by atoms with Crippen molar-refractivity contribution in [3.8, 4) is 0 Å². The van der Waals surface area contributed by atoms with Crippen LogP contribution in [-0.4, -0.2) is 41.5 Å². The van der Waals surface area contributed by atoms with Gasteiger partial charge in [0.15, 0.2) is 5.82 Å². The van der Waals surface area contributed by atoms with Crippen LogP contribution in [0.5, 0.6) is 0 Å². The molecule has 0 unspecified atom stereocenters. The van der Waals surface area contributed by atoms with Crippen molar-refractivity contribution in [1.82, 2.24) is 10.1 Å². The van der Waals surface area contributed by atoms with Crippen LogP contribution in [0.3, 0.4) is 0 Å². The lowest BCUT2D eigenvalue weighted by atomic mass is 10.2. The number of alkyl halides is 2. The Kier molecular flexibility index (Phi) is 6.64. The third-order valence-electron chi connectivity index (χ3n) is 2.02.